The molecule has 0 atom stereocenters. The molecular formula is C22H16N2. The predicted octanol–water partition coefficient (Wildman–Crippen LogP) is 5.62. The fourth-order valence-corrected chi connectivity index (χ4v) is 3.11. The van der Waals surface area contributed by atoms with Gasteiger partial charge in [0.15, 0.2) is 0 Å². The smallest absolute Gasteiger partial charge is 0.115 e. The number of aromatic nitrogens is 2. The van der Waals surface area contributed by atoms with Gasteiger partial charge in [-0.15, -0.1) is 0 Å². The van der Waals surface area contributed by atoms with E-state index >= 15 is 0 Å². The second-order valence-corrected chi connectivity index (χ2v) is 5.54. The molecule has 0 unspecified atom stereocenters. The first kappa shape index (κ1) is 14.3. The zero-order valence-electron chi connectivity index (χ0n) is 13.1. The van der Waals surface area contributed by atoms with Gasteiger partial charge >= 0.3 is 0 Å². The van der Waals surface area contributed by atoms with Crippen molar-refractivity contribution in [3.8, 4) is 0 Å². The molecule has 2 heteroatoms. The zero-order valence-corrected chi connectivity index (χ0v) is 13.1. The Hall–Kier alpha value is -3.26. The number of rotatable bonds is 0. The summed E-state index contributed by atoms with van der Waals surface area (Å²) in [5, 5.41) is 8.04. The van der Waals surface area contributed by atoms with Crippen LogP contribution in [-0.4, -0.2) is 9.97 Å². The van der Waals surface area contributed by atoms with Crippen molar-refractivity contribution in [1.82, 2.24) is 9.97 Å². The van der Waals surface area contributed by atoms with Gasteiger partial charge in [-0.1, -0.05) is 72.8 Å². The Morgan fingerprint density at radius 1 is 0.375 bits per heavy atom. The van der Waals surface area contributed by atoms with E-state index in [1.54, 1.807) is 18.5 Å². The van der Waals surface area contributed by atoms with Crippen LogP contribution in [0.1, 0.15) is 0 Å². The van der Waals surface area contributed by atoms with Crippen molar-refractivity contribution < 1.29 is 0 Å². The van der Waals surface area contributed by atoms with Gasteiger partial charge in [0.05, 0.1) is 0 Å². The van der Waals surface area contributed by atoms with E-state index in [1.165, 1.54) is 38.6 Å². The van der Waals surface area contributed by atoms with Crippen LogP contribution in [0.3, 0.4) is 0 Å². The standard InChI is InChI=1S/C18H12.C4H4N2/c1-2-8-14-13(7-1)15-9-3-4-11-17(15)18-12-6-5-10-16(14)18;1-2-5-4-6-3-1/h1-12H;1-4H. The number of nitrogens with zero attached hydrogens (tertiary/aromatic N) is 2. The second-order valence-electron chi connectivity index (χ2n) is 5.54. The van der Waals surface area contributed by atoms with E-state index in [9.17, 15) is 0 Å². The molecular weight excluding hydrogens is 292 g/mol. The number of hydrogen-bond acceptors (Lipinski definition) is 2. The van der Waals surface area contributed by atoms with Gasteiger partial charge in [0.2, 0.25) is 0 Å². The molecule has 1 heterocycles. The van der Waals surface area contributed by atoms with E-state index in [1.807, 2.05) is 0 Å². The van der Waals surface area contributed by atoms with Crippen LogP contribution in [0.2, 0.25) is 0 Å². The van der Waals surface area contributed by atoms with E-state index in [0.29, 0.717) is 0 Å². The molecule has 0 radical (unpaired) electrons. The third-order valence-corrected chi connectivity index (χ3v) is 4.13. The highest BCUT2D eigenvalue weighted by Gasteiger charge is 2.06. The van der Waals surface area contributed by atoms with Crippen LogP contribution in [0.4, 0.5) is 0 Å². The minimum Gasteiger partial charge on any atom is -0.245 e. The van der Waals surface area contributed by atoms with E-state index in [-0.39, 0.29) is 0 Å². The quantitative estimate of drug-likeness (QED) is 0.347. The lowest BCUT2D eigenvalue weighted by Gasteiger charge is -2.09. The highest BCUT2D eigenvalue weighted by molar-refractivity contribution is 6.25. The summed E-state index contributed by atoms with van der Waals surface area (Å²) in [5.74, 6) is 0. The Balaban J connectivity index is 0.000000207. The first-order valence-corrected chi connectivity index (χ1v) is 7.93. The van der Waals surface area contributed by atoms with Crippen molar-refractivity contribution in [3.63, 3.8) is 0 Å². The van der Waals surface area contributed by atoms with Gasteiger partial charge < -0.3 is 0 Å². The third kappa shape index (κ3) is 2.59. The second kappa shape index (κ2) is 6.47. The van der Waals surface area contributed by atoms with Crippen LogP contribution >= 0.6 is 0 Å². The van der Waals surface area contributed by atoms with Crippen molar-refractivity contribution in [3.05, 3.63) is 97.6 Å². The first-order chi connectivity index (χ1) is 11.9. The lowest BCUT2D eigenvalue weighted by molar-refractivity contribution is 1.17. The van der Waals surface area contributed by atoms with Crippen LogP contribution in [-0.2, 0) is 0 Å². The molecule has 5 aromatic rings. The Labute approximate surface area is 140 Å². The fraction of sp³-hybridized carbons (Fsp3) is 0. The topological polar surface area (TPSA) is 25.8 Å². The van der Waals surface area contributed by atoms with Crippen molar-refractivity contribution >= 4 is 32.3 Å². The summed E-state index contributed by atoms with van der Waals surface area (Å²) in [5.41, 5.74) is 0. The van der Waals surface area contributed by atoms with Gasteiger partial charge in [0, 0.05) is 12.4 Å². The molecule has 0 aliphatic carbocycles. The largest absolute Gasteiger partial charge is 0.245 e. The zero-order chi connectivity index (χ0) is 16.2. The molecule has 5 rings (SSSR count). The minimum absolute atomic E-state index is 1.34. The highest BCUT2D eigenvalue weighted by Crippen LogP contribution is 2.34. The van der Waals surface area contributed by atoms with Crippen molar-refractivity contribution in [1.29, 1.82) is 0 Å². The molecule has 4 aromatic carbocycles. The molecule has 0 fully saturated rings. The maximum absolute atomic E-state index is 3.67. The summed E-state index contributed by atoms with van der Waals surface area (Å²) in [6.07, 6.45) is 4.88. The van der Waals surface area contributed by atoms with E-state index < -0.39 is 0 Å². The average molecular weight is 308 g/mol. The van der Waals surface area contributed by atoms with Crippen LogP contribution < -0.4 is 0 Å². The predicted molar refractivity (Wildman–Crippen MR) is 101 cm³/mol. The summed E-state index contributed by atoms with van der Waals surface area (Å²) in [4.78, 5) is 7.35. The van der Waals surface area contributed by atoms with Gasteiger partial charge in [-0.2, -0.15) is 0 Å². The summed E-state index contributed by atoms with van der Waals surface area (Å²) >= 11 is 0. The SMILES string of the molecule is c1ccc2c(c1)c1ccccc1c1ccccc21.c1cncnc1. The molecule has 24 heavy (non-hydrogen) atoms. The summed E-state index contributed by atoms with van der Waals surface area (Å²) in [6.45, 7) is 0. The van der Waals surface area contributed by atoms with Crippen molar-refractivity contribution in [2.75, 3.05) is 0 Å². The maximum atomic E-state index is 3.67. The number of fused-ring (bicyclic) bond motifs is 6. The Kier molecular flexibility index (Phi) is 3.86. The molecule has 0 spiro atoms. The van der Waals surface area contributed by atoms with Gasteiger partial charge in [0.25, 0.3) is 0 Å². The summed E-state index contributed by atoms with van der Waals surface area (Å²) in [6, 6.07) is 27.7. The molecule has 0 aliphatic heterocycles. The molecule has 0 N–H and O–H groups in total. The molecule has 1 aromatic heterocycles. The monoisotopic (exact) mass is 308 g/mol. The molecule has 0 saturated heterocycles. The number of benzene rings is 4. The fourth-order valence-electron chi connectivity index (χ4n) is 3.11. The molecule has 114 valence electrons. The van der Waals surface area contributed by atoms with E-state index in [2.05, 4.69) is 82.8 Å². The molecule has 0 amide bonds. The average Bonchev–Trinajstić information content (AvgIpc) is 2.70. The van der Waals surface area contributed by atoms with Gasteiger partial charge in [-0.3, -0.25) is 0 Å². The van der Waals surface area contributed by atoms with Crippen LogP contribution in [0.15, 0.2) is 97.6 Å². The molecule has 0 saturated carbocycles. The first-order valence-electron chi connectivity index (χ1n) is 7.93. The Morgan fingerprint density at radius 3 is 0.833 bits per heavy atom. The summed E-state index contributed by atoms with van der Waals surface area (Å²) < 4.78 is 0. The van der Waals surface area contributed by atoms with E-state index in [4.69, 9.17) is 0 Å². The van der Waals surface area contributed by atoms with Crippen molar-refractivity contribution in [2.24, 2.45) is 0 Å². The van der Waals surface area contributed by atoms with Gasteiger partial charge in [-0.25, -0.2) is 9.97 Å². The molecule has 0 bridgehead atoms. The van der Waals surface area contributed by atoms with E-state index in [0.717, 1.165) is 0 Å². The molecule has 2 nitrogen and oxygen atoms in total. The normalized spacial score (nSPS) is 10.5. The van der Waals surface area contributed by atoms with Gasteiger partial charge in [-0.05, 0) is 38.4 Å². The summed E-state index contributed by atoms with van der Waals surface area (Å²) in [7, 11) is 0. The highest BCUT2D eigenvalue weighted by atomic mass is 14.8. The van der Waals surface area contributed by atoms with Gasteiger partial charge in [0.1, 0.15) is 6.33 Å². The van der Waals surface area contributed by atoms with Crippen LogP contribution in [0.5, 0.6) is 0 Å². The third-order valence-electron chi connectivity index (χ3n) is 4.13. The van der Waals surface area contributed by atoms with Crippen LogP contribution in [0.25, 0.3) is 32.3 Å². The Bertz CT molecular complexity index is 854. The minimum atomic E-state index is 1.34. The maximum Gasteiger partial charge on any atom is 0.115 e. The van der Waals surface area contributed by atoms with Crippen LogP contribution in [0, 0.1) is 0 Å². The Morgan fingerprint density at radius 2 is 0.667 bits per heavy atom. The lowest BCUT2D eigenvalue weighted by Crippen LogP contribution is -1.81. The lowest BCUT2D eigenvalue weighted by atomic mass is 9.95. The van der Waals surface area contributed by atoms with Crippen molar-refractivity contribution in [2.45, 2.75) is 0 Å². The molecule has 0 aliphatic rings. The number of hydrogen-bond donors (Lipinski definition) is 0.